The Kier molecular flexibility index (Phi) is 4.54. The van der Waals surface area contributed by atoms with Gasteiger partial charge in [0.2, 0.25) is 11.8 Å². The molecule has 4 nitrogen and oxygen atoms in total. The quantitative estimate of drug-likeness (QED) is 0.787. The van der Waals surface area contributed by atoms with Crippen molar-refractivity contribution in [2.24, 2.45) is 5.41 Å². The minimum atomic E-state index is -0.456. The van der Waals surface area contributed by atoms with Crippen molar-refractivity contribution < 1.29 is 9.59 Å². The molecule has 0 aromatic rings. The Morgan fingerprint density at radius 3 is 2.18 bits per heavy atom. The lowest BCUT2D eigenvalue weighted by molar-refractivity contribution is -0.133. The molecule has 17 heavy (non-hydrogen) atoms. The van der Waals surface area contributed by atoms with Gasteiger partial charge >= 0.3 is 0 Å². The highest BCUT2D eigenvalue weighted by Crippen LogP contribution is 2.17. The van der Waals surface area contributed by atoms with Gasteiger partial charge < -0.3 is 10.6 Å². The summed E-state index contributed by atoms with van der Waals surface area (Å²) in [6, 6.07) is -0.154. The smallest absolute Gasteiger partial charge is 0.242 e. The number of carbonyl (C=O) groups is 2. The fraction of sp³-hybridized carbons (Fsp3) is 0.846. The summed E-state index contributed by atoms with van der Waals surface area (Å²) in [5.74, 6) is -0.166. The second-order valence-electron chi connectivity index (χ2n) is 5.94. The Morgan fingerprint density at radius 2 is 1.71 bits per heavy atom. The van der Waals surface area contributed by atoms with E-state index in [0.717, 1.165) is 12.8 Å². The number of amides is 2. The lowest BCUT2D eigenvalue weighted by atomic mass is 9.95. The molecule has 0 radical (unpaired) electrons. The van der Waals surface area contributed by atoms with E-state index in [4.69, 9.17) is 0 Å². The van der Waals surface area contributed by atoms with Crippen LogP contribution < -0.4 is 10.6 Å². The lowest BCUT2D eigenvalue weighted by Gasteiger charge is -2.22. The summed E-state index contributed by atoms with van der Waals surface area (Å²) >= 11 is 0. The molecule has 4 heteroatoms. The minimum absolute atomic E-state index is 0.0745. The van der Waals surface area contributed by atoms with Crippen molar-refractivity contribution in [3.8, 4) is 0 Å². The van der Waals surface area contributed by atoms with E-state index in [1.165, 1.54) is 12.8 Å². The molecule has 1 aliphatic carbocycles. The summed E-state index contributed by atoms with van der Waals surface area (Å²) in [5.41, 5.74) is -0.456. The van der Waals surface area contributed by atoms with Crippen molar-refractivity contribution in [1.29, 1.82) is 0 Å². The summed E-state index contributed by atoms with van der Waals surface area (Å²) in [7, 11) is 0. The Bertz CT molecular complexity index is 288. The Hall–Kier alpha value is -1.06. The van der Waals surface area contributed by atoms with E-state index in [1.54, 1.807) is 6.92 Å². The van der Waals surface area contributed by atoms with Crippen molar-refractivity contribution in [3.63, 3.8) is 0 Å². The van der Waals surface area contributed by atoms with Crippen LogP contribution in [-0.4, -0.2) is 23.9 Å². The van der Waals surface area contributed by atoms with Crippen LogP contribution in [0.4, 0.5) is 0 Å². The molecule has 0 heterocycles. The van der Waals surface area contributed by atoms with Crippen LogP contribution >= 0.6 is 0 Å². The molecular formula is C13H24N2O2. The van der Waals surface area contributed by atoms with Crippen LogP contribution in [0.25, 0.3) is 0 Å². The average Bonchev–Trinajstić information content (AvgIpc) is 2.68. The van der Waals surface area contributed by atoms with Crippen molar-refractivity contribution >= 4 is 11.8 Å². The molecular weight excluding hydrogens is 216 g/mol. The van der Waals surface area contributed by atoms with Gasteiger partial charge in [-0.15, -0.1) is 0 Å². The van der Waals surface area contributed by atoms with Gasteiger partial charge in [0.1, 0.15) is 6.04 Å². The summed E-state index contributed by atoms with van der Waals surface area (Å²) in [4.78, 5) is 23.6. The van der Waals surface area contributed by atoms with Gasteiger partial charge in [0.05, 0.1) is 0 Å². The normalized spacial score (nSPS) is 18.8. The average molecular weight is 240 g/mol. The molecule has 0 aromatic carbocycles. The standard InChI is InChI=1S/C13H24N2O2/c1-9(14-12(17)13(2,3)4)11(16)15-10-7-5-6-8-10/h9-10H,5-8H2,1-4H3,(H,14,17)(H,15,16). The molecule has 2 N–H and O–H groups in total. The first-order valence-electron chi connectivity index (χ1n) is 6.42. The maximum absolute atomic E-state index is 11.8. The fourth-order valence-corrected chi connectivity index (χ4v) is 1.88. The largest absolute Gasteiger partial charge is 0.352 e. The van der Waals surface area contributed by atoms with E-state index in [1.807, 2.05) is 20.8 Å². The summed E-state index contributed by atoms with van der Waals surface area (Å²) in [6.45, 7) is 7.24. The third kappa shape index (κ3) is 4.36. The van der Waals surface area contributed by atoms with Gasteiger partial charge in [-0.3, -0.25) is 9.59 Å². The zero-order valence-corrected chi connectivity index (χ0v) is 11.3. The Labute approximate surface area is 104 Å². The number of hydrogen-bond acceptors (Lipinski definition) is 2. The molecule has 0 aliphatic heterocycles. The SMILES string of the molecule is CC(NC(=O)C(C)(C)C)C(=O)NC1CCCC1. The van der Waals surface area contributed by atoms with Crippen molar-refractivity contribution in [3.05, 3.63) is 0 Å². The van der Waals surface area contributed by atoms with Gasteiger partial charge in [-0.1, -0.05) is 33.6 Å². The maximum Gasteiger partial charge on any atom is 0.242 e. The van der Waals surface area contributed by atoms with Crippen LogP contribution in [0.5, 0.6) is 0 Å². The molecule has 2 amide bonds. The predicted molar refractivity (Wildman–Crippen MR) is 67.5 cm³/mol. The van der Waals surface area contributed by atoms with Gasteiger partial charge in [-0.2, -0.15) is 0 Å². The highest BCUT2D eigenvalue weighted by atomic mass is 16.2. The zero-order chi connectivity index (χ0) is 13.1. The van der Waals surface area contributed by atoms with E-state index in [2.05, 4.69) is 10.6 Å². The van der Waals surface area contributed by atoms with Crippen molar-refractivity contribution in [2.45, 2.75) is 65.5 Å². The second kappa shape index (κ2) is 5.52. The molecule has 0 bridgehead atoms. The molecule has 98 valence electrons. The van der Waals surface area contributed by atoms with E-state index < -0.39 is 11.5 Å². The van der Waals surface area contributed by atoms with Crippen LogP contribution in [0.1, 0.15) is 53.4 Å². The lowest BCUT2D eigenvalue weighted by Crippen LogP contribution is -2.50. The highest BCUT2D eigenvalue weighted by Gasteiger charge is 2.26. The first-order valence-corrected chi connectivity index (χ1v) is 6.42. The van der Waals surface area contributed by atoms with E-state index >= 15 is 0 Å². The molecule has 1 rings (SSSR count). The van der Waals surface area contributed by atoms with E-state index in [-0.39, 0.29) is 11.8 Å². The predicted octanol–water partition coefficient (Wildman–Crippen LogP) is 1.60. The summed E-state index contributed by atoms with van der Waals surface area (Å²) in [5, 5.41) is 5.72. The van der Waals surface area contributed by atoms with Gasteiger partial charge in [0.15, 0.2) is 0 Å². The van der Waals surface area contributed by atoms with E-state index in [9.17, 15) is 9.59 Å². The van der Waals surface area contributed by atoms with Crippen LogP contribution in [0.15, 0.2) is 0 Å². The molecule has 0 aromatic heterocycles. The van der Waals surface area contributed by atoms with Gasteiger partial charge in [0, 0.05) is 11.5 Å². The number of carbonyl (C=O) groups excluding carboxylic acids is 2. The molecule has 1 fully saturated rings. The number of nitrogens with one attached hydrogen (secondary N) is 2. The second-order valence-corrected chi connectivity index (χ2v) is 5.94. The minimum Gasteiger partial charge on any atom is -0.352 e. The van der Waals surface area contributed by atoms with Gasteiger partial charge in [0.25, 0.3) is 0 Å². The number of rotatable bonds is 3. The third-order valence-corrected chi connectivity index (χ3v) is 3.12. The van der Waals surface area contributed by atoms with Crippen LogP contribution in [-0.2, 0) is 9.59 Å². The molecule has 0 spiro atoms. The highest BCUT2D eigenvalue weighted by molar-refractivity contribution is 5.89. The van der Waals surface area contributed by atoms with Crippen molar-refractivity contribution in [1.82, 2.24) is 10.6 Å². The first kappa shape index (κ1) is 14.0. The molecule has 1 unspecified atom stereocenters. The fourth-order valence-electron chi connectivity index (χ4n) is 1.88. The molecule has 1 saturated carbocycles. The monoisotopic (exact) mass is 240 g/mol. The molecule has 1 atom stereocenters. The maximum atomic E-state index is 11.8. The topological polar surface area (TPSA) is 58.2 Å². The summed E-state index contributed by atoms with van der Waals surface area (Å²) in [6.07, 6.45) is 4.50. The van der Waals surface area contributed by atoms with Crippen LogP contribution in [0, 0.1) is 5.41 Å². The number of hydrogen-bond donors (Lipinski definition) is 2. The Balaban J connectivity index is 2.38. The van der Waals surface area contributed by atoms with Gasteiger partial charge in [-0.05, 0) is 19.8 Å². The van der Waals surface area contributed by atoms with Crippen LogP contribution in [0.2, 0.25) is 0 Å². The zero-order valence-electron chi connectivity index (χ0n) is 11.3. The van der Waals surface area contributed by atoms with Crippen molar-refractivity contribution in [2.75, 3.05) is 0 Å². The molecule has 1 aliphatic rings. The third-order valence-electron chi connectivity index (χ3n) is 3.12. The molecule has 0 saturated heterocycles. The van der Waals surface area contributed by atoms with Gasteiger partial charge in [-0.25, -0.2) is 0 Å². The van der Waals surface area contributed by atoms with E-state index in [0.29, 0.717) is 6.04 Å². The summed E-state index contributed by atoms with van der Waals surface area (Å²) < 4.78 is 0. The Morgan fingerprint density at radius 1 is 1.18 bits per heavy atom. The first-order chi connectivity index (χ1) is 7.80. The van der Waals surface area contributed by atoms with Crippen LogP contribution in [0.3, 0.4) is 0 Å².